The Morgan fingerprint density at radius 2 is 1.86 bits per heavy atom. The van der Waals surface area contributed by atoms with Crippen molar-refractivity contribution < 1.29 is 23.8 Å². The van der Waals surface area contributed by atoms with Gasteiger partial charge in [0, 0.05) is 25.9 Å². The number of alkyl carbamates (subject to hydrolysis) is 1. The van der Waals surface area contributed by atoms with Crippen LogP contribution < -0.4 is 10.6 Å². The SMILES string of the molecule is CNC(=O)COC(=O)NCCC[C@H]1OC[C@H](c2ccc3ccccc3c2)CO1. The molecule has 0 saturated carbocycles. The second kappa shape index (κ2) is 10.1. The highest BCUT2D eigenvalue weighted by atomic mass is 16.7. The van der Waals surface area contributed by atoms with Crippen molar-refractivity contribution in [3.05, 3.63) is 48.0 Å². The van der Waals surface area contributed by atoms with Gasteiger partial charge in [-0.2, -0.15) is 0 Å². The number of nitrogens with one attached hydrogen (secondary N) is 2. The zero-order valence-electron chi connectivity index (χ0n) is 16.0. The first kappa shape index (κ1) is 20.1. The molecule has 2 aromatic rings. The number of rotatable bonds is 7. The molecule has 1 saturated heterocycles. The third-order valence-electron chi connectivity index (χ3n) is 4.71. The number of fused-ring (bicyclic) bond motifs is 1. The lowest BCUT2D eigenvalue weighted by molar-refractivity contribution is -0.189. The van der Waals surface area contributed by atoms with Crippen molar-refractivity contribution >= 4 is 22.8 Å². The molecule has 0 radical (unpaired) electrons. The van der Waals surface area contributed by atoms with Crippen LogP contribution in [-0.4, -0.2) is 51.7 Å². The van der Waals surface area contributed by atoms with Crippen LogP contribution in [0.5, 0.6) is 0 Å². The maximum Gasteiger partial charge on any atom is 0.407 e. The Morgan fingerprint density at radius 3 is 2.61 bits per heavy atom. The molecule has 0 atom stereocenters. The van der Waals surface area contributed by atoms with Gasteiger partial charge < -0.3 is 24.8 Å². The fraction of sp³-hybridized carbons (Fsp3) is 0.429. The standard InChI is InChI=1S/C21H26N2O5/c1-22-19(24)14-28-21(25)23-10-4-7-20-26-12-18(13-27-20)17-9-8-15-5-2-3-6-16(15)11-17/h2-3,5-6,8-9,11,18,20H,4,7,10,12-14H2,1H3,(H,22,24)(H,23,25)/t18-,20-. The van der Waals surface area contributed by atoms with Crippen molar-refractivity contribution in [1.82, 2.24) is 10.6 Å². The lowest BCUT2D eigenvalue weighted by atomic mass is 9.97. The Hall–Kier alpha value is -2.64. The van der Waals surface area contributed by atoms with Crippen LogP contribution in [0.15, 0.2) is 42.5 Å². The average Bonchev–Trinajstić information content (AvgIpc) is 2.75. The monoisotopic (exact) mass is 386 g/mol. The number of amides is 2. The minimum atomic E-state index is -0.606. The molecule has 0 spiro atoms. The fourth-order valence-corrected chi connectivity index (χ4v) is 3.08. The molecule has 7 nitrogen and oxygen atoms in total. The van der Waals surface area contributed by atoms with Crippen molar-refractivity contribution in [2.24, 2.45) is 0 Å². The molecule has 3 rings (SSSR count). The zero-order valence-corrected chi connectivity index (χ0v) is 16.0. The molecule has 7 heteroatoms. The number of carbonyl (C=O) groups is 2. The van der Waals surface area contributed by atoms with E-state index in [1.807, 2.05) is 12.1 Å². The summed E-state index contributed by atoms with van der Waals surface area (Å²) in [5, 5.41) is 7.42. The summed E-state index contributed by atoms with van der Waals surface area (Å²) in [6.45, 7) is 1.38. The van der Waals surface area contributed by atoms with Gasteiger partial charge in [0.15, 0.2) is 12.9 Å². The summed E-state index contributed by atoms with van der Waals surface area (Å²) in [7, 11) is 1.48. The van der Waals surface area contributed by atoms with Gasteiger partial charge in [0.1, 0.15) is 0 Å². The molecule has 0 aliphatic carbocycles. The van der Waals surface area contributed by atoms with Gasteiger partial charge >= 0.3 is 6.09 Å². The Bertz CT molecular complexity index is 802. The van der Waals surface area contributed by atoms with Gasteiger partial charge in [0.2, 0.25) is 0 Å². The van der Waals surface area contributed by atoms with Crippen LogP contribution in [0.1, 0.15) is 24.3 Å². The van der Waals surface area contributed by atoms with E-state index in [1.54, 1.807) is 0 Å². The van der Waals surface area contributed by atoms with Gasteiger partial charge in [-0.15, -0.1) is 0 Å². The van der Waals surface area contributed by atoms with Gasteiger partial charge in [-0.1, -0.05) is 42.5 Å². The van der Waals surface area contributed by atoms with E-state index < -0.39 is 6.09 Å². The maximum absolute atomic E-state index is 11.4. The van der Waals surface area contributed by atoms with Crippen molar-refractivity contribution in [2.75, 3.05) is 33.4 Å². The molecule has 0 unspecified atom stereocenters. The van der Waals surface area contributed by atoms with Gasteiger partial charge in [0.25, 0.3) is 5.91 Å². The largest absolute Gasteiger partial charge is 0.439 e. The Kier molecular flexibility index (Phi) is 7.22. The quantitative estimate of drug-likeness (QED) is 0.715. The predicted octanol–water partition coefficient (Wildman–Crippen LogP) is 2.55. The molecule has 1 aliphatic rings. The van der Waals surface area contributed by atoms with Crippen LogP contribution in [0.3, 0.4) is 0 Å². The summed E-state index contributed by atoms with van der Waals surface area (Å²) < 4.78 is 16.4. The van der Waals surface area contributed by atoms with Gasteiger partial charge in [0.05, 0.1) is 13.2 Å². The summed E-state index contributed by atoms with van der Waals surface area (Å²) in [6, 6.07) is 14.7. The molecule has 1 heterocycles. The third-order valence-corrected chi connectivity index (χ3v) is 4.71. The molecule has 2 N–H and O–H groups in total. The first-order valence-electron chi connectivity index (χ1n) is 9.49. The van der Waals surface area contributed by atoms with Gasteiger partial charge in [-0.25, -0.2) is 4.79 Å². The van der Waals surface area contributed by atoms with E-state index in [0.717, 1.165) is 0 Å². The van der Waals surface area contributed by atoms with Gasteiger partial charge in [-0.3, -0.25) is 4.79 Å². The van der Waals surface area contributed by atoms with E-state index in [2.05, 4.69) is 41.0 Å². The number of benzene rings is 2. The molecule has 0 bridgehead atoms. The minimum Gasteiger partial charge on any atom is -0.439 e. The molecule has 28 heavy (non-hydrogen) atoms. The summed E-state index contributed by atoms with van der Waals surface area (Å²) in [4.78, 5) is 22.4. The Labute approximate surface area is 164 Å². The van der Waals surface area contributed by atoms with Crippen molar-refractivity contribution in [3.63, 3.8) is 0 Å². The highest BCUT2D eigenvalue weighted by molar-refractivity contribution is 5.83. The second-order valence-corrected chi connectivity index (χ2v) is 6.72. The van der Waals surface area contributed by atoms with E-state index >= 15 is 0 Å². The number of carbonyl (C=O) groups excluding carboxylic acids is 2. The van der Waals surface area contributed by atoms with Crippen LogP contribution >= 0.6 is 0 Å². The fourth-order valence-electron chi connectivity index (χ4n) is 3.08. The zero-order chi connectivity index (χ0) is 19.8. The first-order chi connectivity index (χ1) is 13.7. The highest BCUT2D eigenvalue weighted by Gasteiger charge is 2.23. The third kappa shape index (κ3) is 5.68. The molecule has 1 aliphatic heterocycles. The molecule has 1 fully saturated rings. The molecular weight excluding hydrogens is 360 g/mol. The van der Waals surface area contributed by atoms with Crippen molar-refractivity contribution in [3.8, 4) is 0 Å². The van der Waals surface area contributed by atoms with Crippen LogP contribution in [0.2, 0.25) is 0 Å². The minimum absolute atomic E-state index is 0.221. The molecular formula is C21H26N2O5. The molecule has 0 aromatic heterocycles. The van der Waals surface area contributed by atoms with Crippen molar-refractivity contribution in [2.45, 2.75) is 25.0 Å². The smallest absolute Gasteiger partial charge is 0.407 e. The lowest BCUT2D eigenvalue weighted by Gasteiger charge is -2.30. The number of likely N-dealkylation sites (N-methyl/N-ethyl adjacent to an activating group) is 1. The summed E-state index contributed by atoms with van der Waals surface area (Å²) in [5.74, 6) is -0.126. The summed E-state index contributed by atoms with van der Waals surface area (Å²) >= 11 is 0. The number of hydrogen-bond acceptors (Lipinski definition) is 5. The van der Waals surface area contributed by atoms with Crippen molar-refractivity contribution in [1.29, 1.82) is 0 Å². The second-order valence-electron chi connectivity index (χ2n) is 6.72. The topological polar surface area (TPSA) is 85.9 Å². The van der Waals surface area contributed by atoms with Crippen LogP contribution in [0.4, 0.5) is 4.79 Å². The van der Waals surface area contributed by atoms with Gasteiger partial charge in [-0.05, 0) is 22.8 Å². The Balaban J connectivity index is 1.35. The van der Waals surface area contributed by atoms with E-state index in [0.29, 0.717) is 32.6 Å². The number of hydrogen-bond donors (Lipinski definition) is 2. The average molecular weight is 386 g/mol. The summed E-state index contributed by atoms with van der Waals surface area (Å²) in [5.41, 5.74) is 1.22. The van der Waals surface area contributed by atoms with Crippen LogP contribution in [-0.2, 0) is 19.0 Å². The maximum atomic E-state index is 11.4. The van der Waals surface area contributed by atoms with E-state index in [4.69, 9.17) is 14.2 Å². The van der Waals surface area contributed by atoms with Crippen LogP contribution in [0, 0.1) is 0 Å². The highest BCUT2D eigenvalue weighted by Crippen LogP contribution is 2.26. The molecule has 2 aromatic carbocycles. The van der Waals surface area contributed by atoms with Crippen LogP contribution in [0.25, 0.3) is 10.8 Å². The van der Waals surface area contributed by atoms with E-state index in [1.165, 1.54) is 23.4 Å². The van der Waals surface area contributed by atoms with E-state index in [9.17, 15) is 9.59 Å². The predicted molar refractivity (Wildman–Crippen MR) is 105 cm³/mol. The summed E-state index contributed by atoms with van der Waals surface area (Å²) in [6.07, 6.45) is 0.506. The normalized spacial score (nSPS) is 19.2. The molecule has 150 valence electrons. The van der Waals surface area contributed by atoms with E-state index in [-0.39, 0.29) is 24.7 Å². The molecule has 2 amide bonds. The first-order valence-corrected chi connectivity index (χ1v) is 9.49. The number of ether oxygens (including phenoxy) is 3. The Morgan fingerprint density at radius 1 is 1.11 bits per heavy atom. The lowest BCUT2D eigenvalue weighted by Crippen LogP contribution is -2.33.